The molecule has 0 radical (unpaired) electrons. The third-order valence-electron chi connectivity index (χ3n) is 9.33. The summed E-state index contributed by atoms with van der Waals surface area (Å²) in [4.78, 5) is 60.6. The number of ether oxygens (including phenoxy) is 2. The highest BCUT2D eigenvalue weighted by atomic mass is 32.2. The third kappa shape index (κ3) is 8.03. The molecule has 0 bridgehead atoms. The van der Waals surface area contributed by atoms with Gasteiger partial charge in [0.15, 0.2) is 5.58 Å². The highest BCUT2D eigenvalue weighted by Gasteiger charge is 2.62. The molecule has 1 aromatic carbocycles. The second kappa shape index (κ2) is 13.3. The molecule has 0 spiro atoms. The first kappa shape index (κ1) is 34.7. The van der Waals surface area contributed by atoms with Gasteiger partial charge in [-0.2, -0.15) is 4.98 Å². The average molecular weight is 700 g/mol. The van der Waals surface area contributed by atoms with Gasteiger partial charge in [-0.1, -0.05) is 31.1 Å². The van der Waals surface area contributed by atoms with Gasteiger partial charge >= 0.3 is 12.2 Å². The number of amides is 4. The van der Waals surface area contributed by atoms with Crippen molar-refractivity contribution in [2.24, 2.45) is 5.92 Å². The summed E-state index contributed by atoms with van der Waals surface area (Å²) in [6.45, 7) is 7.07. The molecule has 0 unspecified atom stereocenters. The molecule has 1 saturated heterocycles. The molecule has 2 aliphatic carbocycles. The van der Waals surface area contributed by atoms with Gasteiger partial charge in [0.25, 0.3) is 5.91 Å². The van der Waals surface area contributed by atoms with E-state index in [1.165, 1.54) is 4.90 Å². The number of benzene rings is 1. The lowest BCUT2D eigenvalue weighted by Gasteiger charge is -2.30. The number of nitrogens with one attached hydrogen (secondary N) is 3. The molecule has 6 rings (SSSR count). The Morgan fingerprint density at radius 1 is 1.12 bits per heavy atom. The normalized spacial score (nSPS) is 28.7. The Morgan fingerprint density at radius 2 is 1.90 bits per heavy atom. The second-order valence-electron chi connectivity index (χ2n) is 14.6. The van der Waals surface area contributed by atoms with E-state index in [4.69, 9.17) is 13.9 Å². The Balaban J connectivity index is 1.28. The van der Waals surface area contributed by atoms with Crippen molar-refractivity contribution in [3.63, 3.8) is 0 Å². The van der Waals surface area contributed by atoms with Gasteiger partial charge in [0.2, 0.25) is 21.8 Å². The summed E-state index contributed by atoms with van der Waals surface area (Å²) in [5, 5.41) is 4.94. The molecular weight excluding hydrogens is 654 g/mol. The first-order valence-corrected chi connectivity index (χ1v) is 18.6. The average Bonchev–Trinajstić information content (AvgIpc) is 3.90. The lowest BCUT2D eigenvalue weighted by atomic mass is 10.0. The molecule has 2 saturated carbocycles. The number of hydrogen-bond donors (Lipinski definition) is 3. The zero-order valence-electron chi connectivity index (χ0n) is 28.3. The summed E-state index contributed by atoms with van der Waals surface area (Å²) in [6.07, 6.45) is 6.72. The van der Waals surface area contributed by atoms with Gasteiger partial charge in [-0.15, -0.1) is 0 Å². The smallest absolute Gasteiger partial charge is 0.408 e. The first-order valence-electron chi connectivity index (χ1n) is 17.0. The Bertz CT molecular complexity index is 1760. The van der Waals surface area contributed by atoms with Crippen LogP contribution in [0.25, 0.3) is 11.1 Å². The summed E-state index contributed by atoms with van der Waals surface area (Å²) in [5.41, 5.74) is -0.194. The van der Waals surface area contributed by atoms with Gasteiger partial charge in [-0.3, -0.25) is 19.1 Å². The summed E-state index contributed by atoms with van der Waals surface area (Å²) in [5.74, 6) is -2.34. The zero-order valence-corrected chi connectivity index (χ0v) is 29.1. The second-order valence-corrected chi connectivity index (χ2v) is 16.6. The van der Waals surface area contributed by atoms with E-state index in [2.05, 4.69) is 20.3 Å². The summed E-state index contributed by atoms with van der Waals surface area (Å²) in [7, 11) is -3.87. The van der Waals surface area contributed by atoms with Crippen molar-refractivity contribution >= 4 is 44.9 Å². The van der Waals surface area contributed by atoms with Crippen LogP contribution < -0.4 is 20.1 Å². The molecule has 3 fully saturated rings. The molecule has 3 N–H and O–H groups in total. The monoisotopic (exact) mass is 699 g/mol. The summed E-state index contributed by atoms with van der Waals surface area (Å²) >= 11 is 0. The van der Waals surface area contributed by atoms with E-state index in [1.807, 2.05) is 31.2 Å². The Hall–Kier alpha value is -4.14. The van der Waals surface area contributed by atoms with Crippen LogP contribution >= 0.6 is 0 Å². The minimum absolute atomic E-state index is 0.0156. The number of aryl methyl sites for hydroxylation is 1. The maximum absolute atomic E-state index is 14.3. The van der Waals surface area contributed by atoms with E-state index in [9.17, 15) is 27.6 Å². The number of hydrogen-bond acceptors (Lipinski definition) is 10. The minimum atomic E-state index is -3.87. The quantitative estimate of drug-likeness (QED) is 0.378. The number of alkyl carbamates (subject to hydrolysis) is 1. The van der Waals surface area contributed by atoms with Crippen LogP contribution in [0.4, 0.5) is 4.79 Å². The molecule has 2 aromatic rings. The highest BCUT2D eigenvalue weighted by Crippen LogP contribution is 2.46. The van der Waals surface area contributed by atoms with Crippen LogP contribution in [0.5, 0.6) is 6.08 Å². The van der Waals surface area contributed by atoms with Gasteiger partial charge in [-0.05, 0) is 83.9 Å². The number of rotatable bonds is 6. The number of sulfonamides is 1. The number of oxazole rings is 1. The molecule has 266 valence electrons. The van der Waals surface area contributed by atoms with Gasteiger partial charge < -0.3 is 29.4 Å². The SMILES string of the molecule is Cc1ccc2nc(O[C@@H]3C[C@H]4C(=O)N[C@]5(C(=O)NS(=O)(=O)C6CC6)C[C@H]5/C=C\CCCCC[C@H](NC(=O)OC(C)(C)C)C(=O)N4C3)oc2c1. The number of allylic oxidation sites excluding steroid dienone is 1. The number of fused-ring (bicyclic) bond motifs is 3. The van der Waals surface area contributed by atoms with Crippen molar-refractivity contribution in [2.45, 2.75) is 120 Å². The van der Waals surface area contributed by atoms with Crippen LogP contribution in [-0.4, -0.2) is 83.2 Å². The highest BCUT2D eigenvalue weighted by molar-refractivity contribution is 7.91. The van der Waals surface area contributed by atoms with Gasteiger partial charge in [0.1, 0.15) is 34.8 Å². The van der Waals surface area contributed by atoms with E-state index in [-0.39, 0.29) is 25.5 Å². The van der Waals surface area contributed by atoms with Crippen molar-refractivity contribution in [1.82, 2.24) is 25.2 Å². The van der Waals surface area contributed by atoms with Gasteiger partial charge in [0, 0.05) is 12.3 Å². The van der Waals surface area contributed by atoms with Gasteiger partial charge in [-0.25, -0.2) is 13.2 Å². The predicted molar refractivity (Wildman–Crippen MR) is 178 cm³/mol. The van der Waals surface area contributed by atoms with E-state index in [1.54, 1.807) is 26.8 Å². The Kier molecular flexibility index (Phi) is 9.42. The molecule has 3 heterocycles. The van der Waals surface area contributed by atoms with Crippen LogP contribution in [0.15, 0.2) is 34.8 Å². The number of aromatic nitrogens is 1. The lowest BCUT2D eigenvalue weighted by molar-refractivity contribution is -0.141. The van der Waals surface area contributed by atoms with E-state index in [0.29, 0.717) is 43.2 Å². The van der Waals surface area contributed by atoms with E-state index in [0.717, 1.165) is 18.4 Å². The first-order chi connectivity index (χ1) is 23.1. The van der Waals surface area contributed by atoms with Crippen LogP contribution in [0.2, 0.25) is 0 Å². The van der Waals surface area contributed by atoms with Crippen molar-refractivity contribution in [3.8, 4) is 6.08 Å². The third-order valence-corrected chi connectivity index (χ3v) is 11.1. The molecule has 15 heteroatoms. The molecule has 5 atom stereocenters. The van der Waals surface area contributed by atoms with E-state index < -0.39 is 74.3 Å². The molecule has 2 aliphatic heterocycles. The van der Waals surface area contributed by atoms with Crippen molar-refractivity contribution < 1.29 is 41.5 Å². The molecular formula is C34H45N5O9S. The van der Waals surface area contributed by atoms with Crippen LogP contribution in [0.3, 0.4) is 0 Å². The minimum Gasteiger partial charge on any atom is -0.445 e. The molecule has 1 aromatic heterocycles. The number of carbonyl (C=O) groups is 4. The fraction of sp³-hybridized carbons (Fsp3) is 0.618. The van der Waals surface area contributed by atoms with Crippen LogP contribution in [0, 0.1) is 12.8 Å². The largest absolute Gasteiger partial charge is 0.445 e. The number of nitrogens with zero attached hydrogens (tertiary/aromatic N) is 2. The van der Waals surface area contributed by atoms with Gasteiger partial charge in [0.05, 0.1) is 11.8 Å². The zero-order chi connectivity index (χ0) is 35.1. The van der Waals surface area contributed by atoms with Crippen molar-refractivity contribution in [3.05, 3.63) is 35.9 Å². The summed E-state index contributed by atoms with van der Waals surface area (Å²) in [6, 6.07) is 3.42. The fourth-order valence-electron chi connectivity index (χ4n) is 6.50. The Morgan fingerprint density at radius 3 is 2.63 bits per heavy atom. The lowest BCUT2D eigenvalue weighted by Crippen LogP contribution is -2.58. The van der Waals surface area contributed by atoms with Crippen LogP contribution in [-0.2, 0) is 29.1 Å². The molecule has 14 nitrogen and oxygen atoms in total. The standard InChI is InChI=1S/C34H45N5O9S/c1-20-12-15-24-27(16-20)47-32(36-24)46-22-17-26-28(40)37-34(30(42)38-49(44,45)23-13-14-23)18-21(34)10-8-6-5-7-9-11-25(29(41)39(26)19-22)35-31(43)48-33(2,3)4/h8,10,12,15-16,21-23,25-26H,5-7,9,11,13-14,17-19H2,1-4H3,(H,35,43)(H,37,40)(H,38,42)/b10-8-/t21-,22-,25+,26+,34-/m1/s1. The molecule has 4 aliphatic rings. The number of carbonyl (C=O) groups excluding carboxylic acids is 4. The van der Waals surface area contributed by atoms with Crippen molar-refractivity contribution in [1.29, 1.82) is 0 Å². The Labute approximate surface area is 285 Å². The van der Waals surface area contributed by atoms with Crippen molar-refractivity contribution in [2.75, 3.05) is 6.54 Å². The maximum Gasteiger partial charge on any atom is 0.408 e. The fourth-order valence-corrected chi connectivity index (χ4v) is 7.86. The topological polar surface area (TPSA) is 186 Å². The predicted octanol–water partition coefficient (Wildman–Crippen LogP) is 3.38. The van der Waals surface area contributed by atoms with E-state index >= 15 is 0 Å². The maximum atomic E-state index is 14.3. The van der Waals surface area contributed by atoms with Crippen LogP contribution in [0.1, 0.15) is 84.1 Å². The summed E-state index contributed by atoms with van der Waals surface area (Å²) < 4.78 is 45.0. The molecule has 4 amide bonds. The molecule has 49 heavy (non-hydrogen) atoms.